The highest BCUT2D eigenvalue weighted by Gasteiger charge is 2.10. The maximum Gasteiger partial charge on any atom is 0.141 e. The number of halogens is 3. The van der Waals surface area contributed by atoms with Gasteiger partial charge in [-0.3, -0.25) is 0 Å². The molecule has 0 aliphatic heterocycles. The summed E-state index contributed by atoms with van der Waals surface area (Å²) in [6.45, 7) is 0.628. The molecule has 2 rings (SSSR count). The Bertz CT molecular complexity index is 575. The fourth-order valence-corrected chi connectivity index (χ4v) is 2.31. The van der Waals surface area contributed by atoms with Gasteiger partial charge in [-0.05, 0) is 23.8 Å². The van der Waals surface area contributed by atoms with E-state index in [-0.39, 0.29) is 11.7 Å². The van der Waals surface area contributed by atoms with E-state index in [0.29, 0.717) is 22.9 Å². The van der Waals surface area contributed by atoms with Crippen LogP contribution in [0.15, 0.2) is 36.5 Å². The summed E-state index contributed by atoms with van der Waals surface area (Å²) >= 11 is 11.8. The summed E-state index contributed by atoms with van der Waals surface area (Å²) in [5.74, 6) is 0.520. The molecular weight excluding hydrogens is 286 g/mol. The van der Waals surface area contributed by atoms with Crippen LogP contribution in [0.2, 0.25) is 5.02 Å². The number of anilines is 1. The summed E-state index contributed by atoms with van der Waals surface area (Å²) < 4.78 is 13.1. The summed E-state index contributed by atoms with van der Waals surface area (Å²) in [6, 6.07) is 9.00. The minimum absolute atomic E-state index is 0.222. The van der Waals surface area contributed by atoms with E-state index in [0.717, 1.165) is 5.56 Å². The largest absolute Gasteiger partial charge is 0.355 e. The molecule has 5 heteroatoms. The Balaban J connectivity index is 2.22. The maximum absolute atomic E-state index is 13.1. The Kier molecular flexibility index (Phi) is 4.61. The highest BCUT2D eigenvalue weighted by Crippen LogP contribution is 2.21. The molecule has 100 valence electrons. The van der Waals surface area contributed by atoms with E-state index in [1.165, 1.54) is 12.3 Å². The first-order valence-electron chi connectivity index (χ1n) is 5.76. The van der Waals surface area contributed by atoms with Gasteiger partial charge in [0.2, 0.25) is 0 Å². The van der Waals surface area contributed by atoms with Crippen LogP contribution in [0.5, 0.6) is 0 Å². The average Bonchev–Trinajstić information content (AvgIpc) is 2.38. The van der Waals surface area contributed by atoms with E-state index in [4.69, 9.17) is 23.2 Å². The van der Waals surface area contributed by atoms with Gasteiger partial charge in [0.05, 0.1) is 12.1 Å². The molecule has 0 bridgehead atoms. The van der Waals surface area contributed by atoms with Crippen molar-refractivity contribution in [2.24, 2.45) is 0 Å². The molecule has 0 aliphatic rings. The molecule has 2 aromatic rings. The van der Waals surface area contributed by atoms with Crippen molar-refractivity contribution in [2.75, 3.05) is 11.9 Å². The van der Waals surface area contributed by atoms with Crippen LogP contribution in [0.4, 0.5) is 10.2 Å². The predicted octanol–water partition coefficient (Wildman–Crippen LogP) is 4.25. The minimum atomic E-state index is -0.379. The second-order valence-corrected chi connectivity index (χ2v) is 4.96. The fourth-order valence-electron chi connectivity index (χ4n) is 1.90. The molecule has 2 nitrogen and oxygen atoms in total. The van der Waals surface area contributed by atoms with Crippen LogP contribution in [0.3, 0.4) is 0 Å². The molecule has 0 atom stereocenters. The molecule has 1 aromatic heterocycles. The van der Waals surface area contributed by atoms with E-state index < -0.39 is 0 Å². The zero-order chi connectivity index (χ0) is 13.8. The SMILES string of the molecule is CN(Cc1cccc(Cl)c1)c1ncc(F)cc1CCl. The summed E-state index contributed by atoms with van der Waals surface area (Å²) in [4.78, 5) is 6.02. The van der Waals surface area contributed by atoms with Gasteiger partial charge in [0.25, 0.3) is 0 Å². The first kappa shape index (κ1) is 14.1. The third kappa shape index (κ3) is 3.58. The molecular formula is C14H13Cl2FN2. The molecule has 0 spiro atoms. The van der Waals surface area contributed by atoms with Crippen molar-refractivity contribution in [1.82, 2.24) is 4.98 Å². The average molecular weight is 299 g/mol. The van der Waals surface area contributed by atoms with Crippen LogP contribution in [-0.4, -0.2) is 12.0 Å². The lowest BCUT2D eigenvalue weighted by atomic mass is 10.2. The van der Waals surface area contributed by atoms with Crippen LogP contribution >= 0.6 is 23.2 Å². The van der Waals surface area contributed by atoms with Crippen molar-refractivity contribution in [3.05, 3.63) is 58.5 Å². The molecule has 0 saturated heterocycles. The molecule has 0 amide bonds. The smallest absolute Gasteiger partial charge is 0.141 e. The third-order valence-corrected chi connectivity index (χ3v) is 3.25. The number of hydrogen-bond acceptors (Lipinski definition) is 2. The van der Waals surface area contributed by atoms with Gasteiger partial charge < -0.3 is 4.90 Å². The summed E-state index contributed by atoms with van der Waals surface area (Å²) in [6.07, 6.45) is 1.19. The molecule has 0 aliphatic carbocycles. The van der Waals surface area contributed by atoms with Gasteiger partial charge in [-0.15, -0.1) is 11.6 Å². The van der Waals surface area contributed by atoms with Gasteiger partial charge >= 0.3 is 0 Å². The van der Waals surface area contributed by atoms with Crippen molar-refractivity contribution in [2.45, 2.75) is 12.4 Å². The minimum Gasteiger partial charge on any atom is -0.355 e. The fraction of sp³-hybridized carbons (Fsp3) is 0.214. The Morgan fingerprint density at radius 3 is 2.79 bits per heavy atom. The topological polar surface area (TPSA) is 16.1 Å². The number of benzene rings is 1. The van der Waals surface area contributed by atoms with Crippen LogP contribution in [0.1, 0.15) is 11.1 Å². The Morgan fingerprint density at radius 1 is 1.32 bits per heavy atom. The number of nitrogens with zero attached hydrogens (tertiary/aromatic N) is 2. The molecule has 1 heterocycles. The molecule has 19 heavy (non-hydrogen) atoms. The zero-order valence-electron chi connectivity index (χ0n) is 10.4. The van der Waals surface area contributed by atoms with Gasteiger partial charge in [0.15, 0.2) is 0 Å². The number of rotatable bonds is 4. The van der Waals surface area contributed by atoms with Crippen LogP contribution in [-0.2, 0) is 12.4 Å². The second-order valence-electron chi connectivity index (χ2n) is 4.26. The lowest BCUT2D eigenvalue weighted by Crippen LogP contribution is -2.19. The van der Waals surface area contributed by atoms with E-state index >= 15 is 0 Å². The number of aromatic nitrogens is 1. The van der Waals surface area contributed by atoms with Gasteiger partial charge in [-0.25, -0.2) is 9.37 Å². The molecule has 0 unspecified atom stereocenters. The summed E-state index contributed by atoms with van der Waals surface area (Å²) in [5.41, 5.74) is 1.73. The molecule has 0 N–H and O–H groups in total. The predicted molar refractivity (Wildman–Crippen MR) is 77.3 cm³/mol. The number of hydrogen-bond donors (Lipinski definition) is 0. The molecule has 0 radical (unpaired) electrons. The van der Waals surface area contributed by atoms with Crippen molar-refractivity contribution in [3.63, 3.8) is 0 Å². The van der Waals surface area contributed by atoms with Crippen LogP contribution < -0.4 is 4.90 Å². The quantitative estimate of drug-likeness (QED) is 0.785. The number of pyridine rings is 1. The van der Waals surface area contributed by atoms with Crippen molar-refractivity contribution < 1.29 is 4.39 Å². The molecule has 0 saturated carbocycles. The first-order chi connectivity index (χ1) is 9.10. The van der Waals surface area contributed by atoms with Gasteiger partial charge in [0, 0.05) is 24.2 Å². The summed E-state index contributed by atoms with van der Waals surface area (Å²) in [5, 5.41) is 0.690. The van der Waals surface area contributed by atoms with E-state index in [1.54, 1.807) is 0 Å². The molecule has 0 fully saturated rings. The van der Waals surface area contributed by atoms with Crippen LogP contribution in [0.25, 0.3) is 0 Å². The molecule has 1 aromatic carbocycles. The monoisotopic (exact) mass is 298 g/mol. The van der Waals surface area contributed by atoms with Crippen LogP contribution in [0, 0.1) is 5.82 Å². The first-order valence-corrected chi connectivity index (χ1v) is 6.67. The van der Waals surface area contributed by atoms with Gasteiger partial charge in [0.1, 0.15) is 11.6 Å². The van der Waals surface area contributed by atoms with E-state index in [2.05, 4.69) is 4.98 Å². The van der Waals surface area contributed by atoms with Crippen molar-refractivity contribution >= 4 is 29.0 Å². The lowest BCUT2D eigenvalue weighted by molar-refractivity contribution is 0.619. The lowest BCUT2D eigenvalue weighted by Gasteiger charge is -2.20. The zero-order valence-corrected chi connectivity index (χ0v) is 11.9. The van der Waals surface area contributed by atoms with E-state index in [9.17, 15) is 4.39 Å². The van der Waals surface area contributed by atoms with Crippen molar-refractivity contribution in [1.29, 1.82) is 0 Å². The highest BCUT2D eigenvalue weighted by molar-refractivity contribution is 6.30. The van der Waals surface area contributed by atoms with E-state index in [1.807, 2.05) is 36.2 Å². The van der Waals surface area contributed by atoms with Crippen molar-refractivity contribution in [3.8, 4) is 0 Å². The normalized spacial score (nSPS) is 10.5. The maximum atomic E-state index is 13.1. The third-order valence-electron chi connectivity index (χ3n) is 2.72. The summed E-state index contributed by atoms with van der Waals surface area (Å²) in [7, 11) is 1.89. The Labute approximate surface area is 121 Å². The number of alkyl halides is 1. The highest BCUT2D eigenvalue weighted by atomic mass is 35.5. The Hall–Kier alpha value is -1.32. The Morgan fingerprint density at radius 2 is 2.11 bits per heavy atom. The van der Waals surface area contributed by atoms with Gasteiger partial charge in [-0.1, -0.05) is 23.7 Å². The van der Waals surface area contributed by atoms with Gasteiger partial charge in [-0.2, -0.15) is 0 Å². The second kappa shape index (κ2) is 6.22. The standard InChI is InChI=1S/C14H13Cl2FN2/c1-19(9-10-3-2-4-12(16)5-10)14-11(7-15)6-13(17)8-18-14/h2-6,8H,7,9H2,1H3.